The molecule has 10 heteroatoms. The maximum absolute atomic E-state index is 13.0. The highest BCUT2D eigenvalue weighted by molar-refractivity contribution is 6.32. The van der Waals surface area contributed by atoms with E-state index in [9.17, 15) is 22.8 Å². The van der Waals surface area contributed by atoms with Crippen molar-refractivity contribution in [1.29, 1.82) is 0 Å². The first-order chi connectivity index (χ1) is 12.2. The van der Waals surface area contributed by atoms with Gasteiger partial charge in [0.25, 0.3) is 0 Å². The third kappa shape index (κ3) is 3.67. The molecule has 2 aliphatic heterocycles. The normalized spacial score (nSPS) is 22.4. The number of carbonyl (C=O) groups is 2. The van der Waals surface area contributed by atoms with Gasteiger partial charge in [-0.3, -0.25) is 9.59 Å². The highest BCUT2D eigenvalue weighted by Crippen LogP contribution is 2.40. The summed E-state index contributed by atoms with van der Waals surface area (Å²) in [5.74, 6) is -5.18. The lowest BCUT2D eigenvalue weighted by Crippen LogP contribution is -2.34. The number of rotatable bonds is 3. The molecule has 0 spiro atoms. The maximum Gasteiger partial charge on any atom is 0.394 e. The predicted octanol–water partition coefficient (Wildman–Crippen LogP) is 2.38. The van der Waals surface area contributed by atoms with Crippen molar-refractivity contribution < 1.29 is 37.3 Å². The van der Waals surface area contributed by atoms with Crippen LogP contribution in [0.2, 0.25) is 5.02 Å². The van der Waals surface area contributed by atoms with E-state index in [1.54, 1.807) is 6.07 Å². The molecule has 2 atom stereocenters. The summed E-state index contributed by atoms with van der Waals surface area (Å²) in [6.45, 7) is -0.483. The standard InChI is InChI=1S/C16H15ClF3NO5/c17-11-3-8(4-12-14(11)26-2-1-25-12)5-13(22)21-6-9(15(23)24)10(7-21)16(18,19)20/h3-4,9-10H,1-2,5-7H2,(H,23,24)/t9-,10-/m1/s1. The average molecular weight is 394 g/mol. The van der Waals surface area contributed by atoms with Crippen LogP contribution in [0, 0.1) is 11.8 Å². The van der Waals surface area contributed by atoms with Gasteiger partial charge in [-0.25, -0.2) is 0 Å². The summed E-state index contributed by atoms with van der Waals surface area (Å²) in [4.78, 5) is 24.4. The van der Waals surface area contributed by atoms with Gasteiger partial charge >= 0.3 is 12.1 Å². The van der Waals surface area contributed by atoms with Crippen molar-refractivity contribution in [2.24, 2.45) is 11.8 Å². The number of fused-ring (bicyclic) bond motifs is 1. The van der Waals surface area contributed by atoms with Crippen LogP contribution in [0.1, 0.15) is 5.56 Å². The van der Waals surface area contributed by atoms with Crippen LogP contribution in [-0.2, 0) is 16.0 Å². The molecule has 2 aliphatic rings. The van der Waals surface area contributed by atoms with E-state index >= 15 is 0 Å². The number of hydrogen-bond acceptors (Lipinski definition) is 4. The molecule has 1 N–H and O–H groups in total. The Morgan fingerprint density at radius 1 is 1.23 bits per heavy atom. The number of ether oxygens (including phenoxy) is 2. The zero-order valence-electron chi connectivity index (χ0n) is 13.4. The molecular formula is C16H15ClF3NO5. The monoisotopic (exact) mass is 393 g/mol. The molecule has 0 aliphatic carbocycles. The van der Waals surface area contributed by atoms with Crippen LogP contribution in [0.15, 0.2) is 12.1 Å². The van der Waals surface area contributed by atoms with Crippen LogP contribution in [0.5, 0.6) is 11.5 Å². The van der Waals surface area contributed by atoms with Crippen molar-refractivity contribution in [3.63, 3.8) is 0 Å². The smallest absolute Gasteiger partial charge is 0.394 e. The van der Waals surface area contributed by atoms with Crippen molar-refractivity contribution in [2.45, 2.75) is 12.6 Å². The number of amides is 1. The van der Waals surface area contributed by atoms with Gasteiger partial charge in [0.05, 0.1) is 23.3 Å². The van der Waals surface area contributed by atoms with E-state index in [1.807, 2.05) is 0 Å². The third-order valence-corrected chi connectivity index (χ3v) is 4.70. The van der Waals surface area contributed by atoms with Gasteiger partial charge in [-0.1, -0.05) is 11.6 Å². The number of carbonyl (C=O) groups excluding carboxylic acids is 1. The fourth-order valence-corrected chi connectivity index (χ4v) is 3.43. The van der Waals surface area contributed by atoms with Gasteiger partial charge in [-0.15, -0.1) is 0 Å². The predicted molar refractivity (Wildman–Crippen MR) is 83.4 cm³/mol. The second-order valence-electron chi connectivity index (χ2n) is 6.17. The van der Waals surface area contributed by atoms with Crippen LogP contribution >= 0.6 is 11.6 Å². The number of benzene rings is 1. The molecular weight excluding hydrogens is 379 g/mol. The summed E-state index contributed by atoms with van der Waals surface area (Å²) in [6, 6.07) is 3.03. The summed E-state index contributed by atoms with van der Waals surface area (Å²) in [7, 11) is 0. The van der Waals surface area contributed by atoms with Crippen LogP contribution in [0.25, 0.3) is 0 Å². The van der Waals surface area contributed by atoms with Crippen molar-refractivity contribution >= 4 is 23.5 Å². The van der Waals surface area contributed by atoms with Crippen molar-refractivity contribution in [2.75, 3.05) is 26.3 Å². The number of alkyl halides is 3. The number of carboxylic acids is 1. The first kappa shape index (κ1) is 18.6. The van der Waals surface area contributed by atoms with E-state index in [0.717, 1.165) is 4.90 Å². The number of nitrogens with zero attached hydrogens (tertiary/aromatic N) is 1. The zero-order valence-corrected chi connectivity index (χ0v) is 14.1. The Balaban J connectivity index is 1.74. The van der Waals surface area contributed by atoms with Gasteiger partial charge in [0.2, 0.25) is 5.91 Å². The highest BCUT2D eigenvalue weighted by Gasteiger charge is 2.53. The van der Waals surface area contributed by atoms with E-state index < -0.39 is 43.0 Å². The summed E-state index contributed by atoms with van der Waals surface area (Å²) in [5, 5.41) is 9.26. The molecule has 1 fully saturated rings. The fourth-order valence-electron chi connectivity index (χ4n) is 3.14. The average Bonchev–Trinajstić information content (AvgIpc) is 3.01. The Hall–Kier alpha value is -2.16. The third-order valence-electron chi connectivity index (χ3n) is 4.42. The molecule has 1 aromatic carbocycles. The Morgan fingerprint density at radius 2 is 1.92 bits per heavy atom. The molecule has 26 heavy (non-hydrogen) atoms. The topological polar surface area (TPSA) is 76.1 Å². The zero-order chi connectivity index (χ0) is 19.1. The Morgan fingerprint density at radius 3 is 2.54 bits per heavy atom. The number of likely N-dealkylation sites (tertiary alicyclic amines) is 1. The SMILES string of the molecule is O=C(O)[C@@H]1CN(C(=O)Cc2cc(Cl)c3c(c2)OCCO3)C[C@H]1C(F)(F)F. The van der Waals surface area contributed by atoms with Gasteiger partial charge in [0.1, 0.15) is 13.2 Å². The van der Waals surface area contributed by atoms with E-state index in [2.05, 4.69) is 0 Å². The summed E-state index contributed by atoms with van der Waals surface area (Å²) >= 11 is 6.08. The van der Waals surface area contributed by atoms with Gasteiger partial charge in [-0.2, -0.15) is 13.2 Å². The summed E-state index contributed by atoms with van der Waals surface area (Å²) in [5.41, 5.74) is 0.451. The molecule has 0 bridgehead atoms. The summed E-state index contributed by atoms with van der Waals surface area (Å²) in [6.07, 6.45) is -4.90. The van der Waals surface area contributed by atoms with Crippen molar-refractivity contribution in [3.05, 3.63) is 22.7 Å². The number of hydrogen-bond donors (Lipinski definition) is 1. The largest absolute Gasteiger partial charge is 0.486 e. The Kier molecular flexibility index (Phi) is 4.92. The van der Waals surface area contributed by atoms with Crippen LogP contribution < -0.4 is 9.47 Å². The molecule has 1 aromatic rings. The first-order valence-electron chi connectivity index (χ1n) is 7.82. The molecule has 0 saturated carbocycles. The first-order valence-corrected chi connectivity index (χ1v) is 8.20. The second-order valence-corrected chi connectivity index (χ2v) is 6.58. The highest BCUT2D eigenvalue weighted by atomic mass is 35.5. The van der Waals surface area contributed by atoms with Gasteiger partial charge in [-0.05, 0) is 17.7 Å². The molecule has 1 amide bonds. The van der Waals surface area contributed by atoms with Crippen LogP contribution in [0.3, 0.4) is 0 Å². The Bertz CT molecular complexity index is 739. The Labute approximate surface area is 151 Å². The molecule has 2 heterocycles. The number of carboxylic acid groups (broad SMARTS) is 1. The van der Waals surface area contributed by atoms with E-state index in [0.29, 0.717) is 30.3 Å². The lowest BCUT2D eigenvalue weighted by molar-refractivity contribution is -0.188. The maximum atomic E-state index is 13.0. The molecule has 6 nitrogen and oxygen atoms in total. The molecule has 0 aromatic heterocycles. The van der Waals surface area contributed by atoms with Crippen LogP contribution in [-0.4, -0.2) is 54.4 Å². The van der Waals surface area contributed by atoms with Gasteiger partial charge < -0.3 is 19.5 Å². The minimum absolute atomic E-state index is 0.215. The second kappa shape index (κ2) is 6.86. The summed E-state index contributed by atoms with van der Waals surface area (Å²) < 4.78 is 49.8. The quantitative estimate of drug-likeness (QED) is 0.853. The van der Waals surface area contributed by atoms with Gasteiger partial charge in [0, 0.05) is 13.1 Å². The minimum atomic E-state index is -4.68. The van der Waals surface area contributed by atoms with E-state index in [-0.39, 0.29) is 11.4 Å². The van der Waals surface area contributed by atoms with Crippen molar-refractivity contribution in [3.8, 4) is 11.5 Å². The van der Waals surface area contributed by atoms with E-state index in [4.69, 9.17) is 26.2 Å². The minimum Gasteiger partial charge on any atom is -0.486 e. The molecule has 3 rings (SSSR count). The lowest BCUT2D eigenvalue weighted by atomic mass is 9.96. The molecule has 142 valence electrons. The fraction of sp³-hybridized carbons (Fsp3) is 0.500. The van der Waals surface area contributed by atoms with Gasteiger partial charge in [0.15, 0.2) is 11.5 Å². The van der Waals surface area contributed by atoms with Crippen LogP contribution in [0.4, 0.5) is 13.2 Å². The molecule has 0 unspecified atom stereocenters. The number of halogens is 4. The number of aliphatic carboxylic acids is 1. The lowest BCUT2D eigenvalue weighted by Gasteiger charge is -2.21. The van der Waals surface area contributed by atoms with E-state index in [1.165, 1.54) is 6.07 Å². The molecule has 0 radical (unpaired) electrons. The molecule has 1 saturated heterocycles. The van der Waals surface area contributed by atoms with Crippen molar-refractivity contribution in [1.82, 2.24) is 4.90 Å².